The summed E-state index contributed by atoms with van der Waals surface area (Å²) >= 11 is 0. The maximum Gasteiger partial charge on any atom is 0.463 e. The van der Waals surface area contributed by atoms with Crippen molar-refractivity contribution in [2.24, 2.45) is 4.99 Å². The van der Waals surface area contributed by atoms with Gasteiger partial charge in [0.1, 0.15) is 11.5 Å². The molecule has 1 atom stereocenters. The number of hydrogen-bond donors (Lipinski definition) is 0. The van der Waals surface area contributed by atoms with E-state index in [1.807, 2.05) is 54.6 Å². The lowest BCUT2D eigenvalue weighted by Gasteiger charge is -2.27. The number of aliphatic imine (C=N–C) groups is 1. The van der Waals surface area contributed by atoms with E-state index in [0.29, 0.717) is 6.54 Å². The number of fused-ring (bicyclic) bond motifs is 3. The highest BCUT2D eigenvalue weighted by Gasteiger charge is 2.38. The van der Waals surface area contributed by atoms with Crippen LogP contribution in [0.1, 0.15) is 28.7 Å². The van der Waals surface area contributed by atoms with Gasteiger partial charge in [-0.2, -0.15) is 4.58 Å². The third kappa shape index (κ3) is 3.77. The van der Waals surface area contributed by atoms with E-state index >= 15 is 0 Å². The van der Waals surface area contributed by atoms with Gasteiger partial charge in [0, 0.05) is 29.7 Å². The molecule has 0 saturated carbocycles. The molecule has 0 aliphatic carbocycles. The predicted molar refractivity (Wildman–Crippen MR) is 134 cm³/mol. The zero-order chi connectivity index (χ0) is 22.7. The van der Waals surface area contributed by atoms with Crippen LogP contribution in [-0.4, -0.2) is 35.5 Å². The molecular weight excluding hydrogens is 420 g/mol. The van der Waals surface area contributed by atoms with Gasteiger partial charge < -0.3 is 9.47 Å². The maximum absolute atomic E-state index is 6.64. The molecule has 4 heteroatoms. The van der Waals surface area contributed by atoms with Gasteiger partial charge in [-0.1, -0.05) is 72.8 Å². The lowest BCUT2D eigenvalue weighted by atomic mass is 9.99. The lowest BCUT2D eigenvalue weighted by molar-refractivity contribution is -0.642. The number of hydrogen-bond acceptors (Lipinski definition) is 3. The molecule has 4 aromatic rings. The van der Waals surface area contributed by atoms with Crippen molar-refractivity contribution < 1.29 is 14.0 Å². The highest BCUT2D eigenvalue weighted by molar-refractivity contribution is 6.14. The summed E-state index contributed by atoms with van der Waals surface area (Å²) in [6.07, 6.45) is 0.293. The first-order chi connectivity index (χ1) is 16.9. The van der Waals surface area contributed by atoms with Crippen molar-refractivity contribution in [2.75, 3.05) is 13.1 Å². The standard InChI is InChI=1S/C30H25N2O2/c1-3-12-22(13-4-1)28-24-16-7-9-18-26(24)33-30-32(21-11-20-31-28)29(23-14-5-2-6-15-23)25-17-8-10-19-27(25)34-30/h1-10,12-19,30H,11,20-21H2/q+1. The summed E-state index contributed by atoms with van der Waals surface area (Å²) in [4.78, 5) is 5.04. The summed E-state index contributed by atoms with van der Waals surface area (Å²) in [5, 5.41) is 0. The SMILES string of the molecule is c1ccc(C2=NCCC[N+]3=C(c4ccccc4)c4ccccc4OC3Oc3ccccc32)cc1. The van der Waals surface area contributed by atoms with Gasteiger partial charge in [-0.25, -0.2) is 0 Å². The molecule has 4 nitrogen and oxygen atoms in total. The summed E-state index contributed by atoms with van der Waals surface area (Å²) < 4.78 is 15.3. The average Bonchev–Trinajstić information content (AvgIpc) is 2.90. The molecule has 1 unspecified atom stereocenters. The van der Waals surface area contributed by atoms with Crippen molar-refractivity contribution in [3.63, 3.8) is 0 Å². The predicted octanol–water partition coefficient (Wildman–Crippen LogP) is 5.53. The molecule has 0 spiro atoms. The van der Waals surface area contributed by atoms with Crippen molar-refractivity contribution in [1.82, 2.24) is 0 Å². The van der Waals surface area contributed by atoms with Crippen LogP contribution in [0, 0.1) is 0 Å². The van der Waals surface area contributed by atoms with Crippen molar-refractivity contribution in [3.8, 4) is 11.5 Å². The molecule has 2 aliphatic heterocycles. The van der Waals surface area contributed by atoms with Crippen LogP contribution in [0.2, 0.25) is 0 Å². The Labute approximate surface area is 199 Å². The fraction of sp³-hybridized carbons (Fsp3) is 0.133. The zero-order valence-electron chi connectivity index (χ0n) is 18.8. The fourth-order valence-electron chi connectivity index (χ4n) is 4.65. The van der Waals surface area contributed by atoms with Crippen molar-refractivity contribution >= 4 is 11.4 Å². The number of para-hydroxylation sites is 2. The van der Waals surface area contributed by atoms with Crippen molar-refractivity contribution in [3.05, 3.63) is 131 Å². The van der Waals surface area contributed by atoms with E-state index < -0.39 is 6.41 Å². The van der Waals surface area contributed by atoms with Gasteiger partial charge >= 0.3 is 6.41 Å². The highest BCUT2D eigenvalue weighted by Crippen LogP contribution is 2.31. The van der Waals surface area contributed by atoms with E-state index in [-0.39, 0.29) is 0 Å². The Morgan fingerprint density at radius 3 is 1.88 bits per heavy atom. The minimum atomic E-state index is -0.582. The Morgan fingerprint density at radius 2 is 1.18 bits per heavy atom. The third-order valence-electron chi connectivity index (χ3n) is 6.20. The van der Waals surface area contributed by atoms with E-state index in [4.69, 9.17) is 14.5 Å². The van der Waals surface area contributed by atoms with E-state index in [2.05, 4.69) is 59.2 Å². The second-order valence-electron chi connectivity index (χ2n) is 8.39. The first kappa shape index (κ1) is 20.4. The monoisotopic (exact) mass is 445 g/mol. The van der Waals surface area contributed by atoms with E-state index in [1.165, 1.54) is 0 Å². The summed E-state index contributed by atoms with van der Waals surface area (Å²) in [5.41, 5.74) is 6.35. The molecule has 0 saturated heterocycles. The van der Waals surface area contributed by atoms with Crippen LogP contribution in [0.5, 0.6) is 11.5 Å². The third-order valence-corrected chi connectivity index (χ3v) is 6.20. The highest BCUT2D eigenvalue weighted by atomic mass is 16.7. The molecular formula is C30H25N2O2+. The van der Waals surface area contributed by atoms with Gasteiger partial charge in [0.2, 0.25) is 5.71 Å². The normalized spacial score (nSPS) is 17.3. The number of rotatable bonds is 2. The van der Waals surface area contributed by atoms with E-state index in [1.54, 1.807) is 0 Å². The second-order valence-corrected chi connectivity index (χ2v) is 8.39. The Balaban J connectivity index is 1.51. The van der Waals surface area contributed by atoms with Crippen molar-refractivity contribution in [1.29, 1.82) is 0 Å². The Bertz CT molecular complexity index is 1380. The molecule has 0 N–H and O–H groups in total. The summed E-state index contributed by atoms with van der Waals surface area (Å²) in [6, 6.07) is 37.1. The first-order valence-electron chi connectivity index (χ1n) is 11.7. The van der Waals surface area contributed by atoms with E-state index in [9.17, 15) is 0 Å². The molecule has 34 heavy (non-hydrogen) atoms. The van der Waals surface area contributed by atoms with Gasteiger partial charge in [-0.3, -0.25) is 4.99 Å². The van der Waals surface area contributed by atoms with Crippen LogP contribution < -0.4 is 9.47 Å². The van der Waals surface area contributed by atoms with Gasteiger partial charge in [0.05, 0.1) is 11.3 Å². The van der Waals surface area contributed by atoms with Gasteiger partial charge in [-0.05, 0) is 36.4 Å². The van der Waals surface area contributed by atoms with Crippen LogP contribution in [0.15, 0.2) is 114 Å². The van der Waals surface area contributed by atoms with Gasteiger partial charge in [-0.15, -0.1) is 0 Å². The average molecular weight is 446 g/mol. The molecule has 4 aromatic carbocycles. The minimum Gasteiger partial charge on any atom is -0.401 e. The largest absolute Gasteiger partial charge is 0.463 e. The van der Waals surface area contributed by atoms with Gasteiger partial charge in [0.15, 0.2) is 6.54 Å². The quantitative estimate of drug-likeness (QED) is 0.380. The first-order valence-corrected chi connectivity index (χ1v) is 11.7. The molecule has 0 radical (unpaired) electrons. The fourth-order valence-corrected chi connectivity index (χ4v) is 4.65. The van der Waals surface area contributed by atoms with Crippen LogP contribution in [0.4, 0.5) is 0 Å². The molecule has 0 fully saturated rings. The second kappa shape index (κ2) is 8.99. The van der Waals surface area contributed by atoms with Crippen molar-refractivity contribution in [2.45, 2.75) is 12.8 Å². The molecule has 0 bridgehead atoms. The number of nitrogens with zero attached hydrogens (tertiary/aromatic N) is 2. The smallest absolute Gasteiger partial charge is 0.401 e. The summed E-state index contributed by atoms with van der Waals surface area (Å²) in [7, 11) is 0. The molecule has 2 aliphatic rings. The Hall–Kier alpha value is -4.18. The topological polar surface area (TPSA) is 33.8 Å². The minimum absolute atomic E-state index is 0.582. The summed E-state index contributed by atoms with van der Waals surface area (Å²) in [5.74, 6) is 1.59. The molecule has 6 rings (SSSR count). The zero-order valence-corrected chi connectivity index (χ0v) is 18.8. The number of ether oxygens (including phenoxy) is 2. The van der Waals surface area contributed by atoms with Crippen LogP contribution in [0.3, 0.4) is 0 Å². The summed E-state index contributed by atoms with van der Waals surface area (Å²) in [6.45, 7) is 1.47. The molecule has 166 valence electrons. The van der Waals surface area contributed by atoms with Crippen LogP contribution in [0.25, 0.3) is 0 Å². The molecule has 0 amide bonds. The Morgan fingerprint density at radius 1 is 0.618 bits per heavy atom. The molecule has 2 heterocycles. The van der Waals surface area contributed by atoms with Gasteiger partial charge in [0.25, 0.3) is 0 Å². The van der Waals surface area contributed by atoms with Crippen LogP contribution in [-0.2, 0) is 0 Å². The Kier molecular flexibility index (Phi) is 5.40. The van der Waals surface area contributed by atoms with E-state index in [0.717, 1.165) is 58.1 Å². The lowest BCUT2D eigenvalue weighted by Crippen LogP contribution is -2.45. The number of benzene rings is 4. The van der Waals surface area contributed by atoms with Crippen LogP contribution >= 0.6 is 0 Å². The maximum atomic E-state index is 6.64. The molecule has 0 aromatic heterocycles.